The van der Waals surface area contributed by atoms with Gasteiger partial charge in [-0.1, -0.05) is 12.1 Å². The molecule has 0 radical (unpaired) electrons. The minimum absolute atomic E-state index is 0.0954. The van der Waals surface area contributed by atoms with Gasteiger partial charge in [-0.3, -0.25) is 35.1 Å². The van der Waals surface area contributed by atoms with Crippen LogP contribution in [0.5, 0.6) is 17.2 Å². The Kier molecular flexibility index (Phi) is 6.60. The highest BCUT2D eigenvalue weighted by molar-refractivity contribution is 6.39. The fourth-order valence-corrected chi connectivity index (χ4v) is 3.43. The molecule has 0 unspecified atom stereocenters. The zero-order valence-corrected chi connectivity index (χ0v) is 18.9. The summed E-state index contributed by atoms with van der Waals surface area (Å²) in [7, 11) is 1.46. The lowest BCUT2D eigenvalue weighted by atomic mass is 10.1. The van der Waals surface area contributed by atoms with Gasteiger partial charge in [0.15, 0.2) is 0 Å². The smallest absolute Gasteiger partial charge is 0.335 e. The third kappa shape index (κ3) is 5.09. The quantitative estimate of drug-likeness (QED) is 0.216. The highest BCUT2D eigenvalue weighted by Gasteiger charge is 2.36. The minimum atomic E-state index is -0.917. The molecule has 1 aliphatic rings. The van der Waals surface area contributed by atoms with Crippen molar-refractivity contribution in [2.24, 2.45) is 0 Å². The molecule has 0 aliphatic carbocycles. The van der Waals surface area contributed by atoms with Crippen molar-refractivity contribution < 1.29 is 33.7 Å². The van der Waals surface area contributed by atoms with E-state index in [1.165, 1.54) is 43.5 Å². The third-order valence-corrected chi connectivity index (χ3v) is 5.18. The van der Waals surface area contributed by atoms with Crippen molar-refractivity contribution in [3.63, 3.8) is 0 Å². The average molecular weight is 504 g/mol. The number of ether oxygens (including phenoxy) is 2. The van der Waals surface area contributed by atoms with Crippen LogP contribution in [-0.2, 0) is 9.59 Å². The van der Waals surface area contributed by atoms with Crippen molar-refractivity contribution in [2.75, 3.05) is 12.0 Å². The highest BCUT2D eigenvalue weighted by Crippen LogP contribution is 2.35. The minimum Gasteiger partial charge on any atom is -0.497 e. The molecule has 4 amide bonds. The number of non-ortho nitro benzene ring substituents is 1. The predicted octanol–water partition coefficient (Wildman–Crippen LogP) is 3.97. The van der Waals surface area contributed by atoms with Crippen LogP contribution in [0.25, 0.3) is 6.08 Å². The number of hydrogen-bond donors (Lipinski definition) is 1. The van der Waals surface area contributed by atoms with E-state index >= 15 is 0 Å². The van der Waals surface area contributed by atoms with E-state index < -0.39 is 39.1 Å². The van der Waals surface area contributed by atoms with Crippen LogP contribution < -0.4 is 19.7 Å². The maximum Gasteiger partial charge on any atom is 0.335 e. The number of nitro benzene ring substituents is 2. The molecule has 0 spiro atoms. The topological polar surface area (TPSA) is 171 Å². The van der Waals surface area contributed by atoms with Crippen molar-refractivity contribution >= 4 is 41.0 Å². The van der Waals surface area contributed by atoms with Crippen LogP contribution >= 0.6 is 0 Å². The SMILES string of the molecule is COc1ccc(N2C(=O)NC(=O)/C(=C/c3cccc(Oc4ccc([N+](=O)[O-])cc4[N+](=O)[O-])c3)C2=O)cc1. The Hall–Kier alpha value is -5.59. The number of nitrogens with zero attached hydrogens (tertiary/aromatic N) is 3. The summed E-state index contributed by atoms with van der Waals surface area (Å²) < 4.78 is 10.6. The van der Waals surface area contributed by atoms with Gasteiger partial charge in [0.25, 0.3) is 17.5 Å². The molecule has 3 aromatic carbocycles. The van der Waals surface area contributed by atoms with Crippen molar-refractivity contribution in [2.45, 2.75) is 0 Å². The van der Waals surface area contributed by atoms with Crippen LogP contribution in [0.15, 0.2) is 72.3 Å². The van der Waals surface area contributed by atoms with Gasteiger partial charge in [0.1, 0.15) is 17.1 Å². The van der Waals surface area contributed by atoms with Crippen LogP contribution in [0.1, 0.15) is 5.56 Å². The van der Waals surface area contributed by atoms with E-state index in [-0.39, 0.29) is 22.8 Å². The second kappa shape index (κ2) is 9.95. The van der Waals surface area contributed by atoms with Gasteiger partial charge >= 0.3 is 11.7 Å². The molecule has 1 N–H and O–H groups in total. The second-order valence-electron chi connectivity index (χ2n) is 7.50. The first-order valence-corrected chi connectivity index (χ1v) is 10.4. The number of methoxy groups -OCH3 is 1. The van der Waals surface area contributed by atoms with Crippen molar-refractivity contribution in [1.82, 2.24) is 5.32 Å². The van der Waals surface area contributed by atoms with Crippen molar-refractivity contribution in [3.8, 4) is 17.2 Å². The summed E-state index contributed by atoms with van der Waals surface area (Å²) in [6, 6.07) is 14.0. The van der Waals surface area contributed by atoms with E-state index in [1.54, 1.807) is 18.2 Å². The number of benzene rings is 3. The maximum atomic E-state index is 13.1. The summed E-state index contributed by atoms with van der Waals surface area (Å²) in [5.41, 5.74) is -0.911. The molecule has 37 heavy (non-hydrogen) atoms. The van der Waals surface area contributed by atoms with E-state index in [4.69, 9.17) is 9.47 Å². The van der Waals surface area contributed by atoms with Crippen LogP contribution in [0, 0.1) is 20.2 Å². The number of nitrogens with one attached hydrogen (secondary N) is 1. The first kappa shape index (κ1) is 24.5. The molecule has 0 bridgehead atoms. The van der Waals surface area contributed by atoms with E-state index in [2.05, 4.69) is 5.32 Å². The van der Waals surface area contributed by atoms with Crippen molar-refractivity contribution in [3.05, 3.63) is 98.1 Å². The largest absolute Gasteiger partial charge is 0.497 e. The van der Waals surface area contributed by atoms with Crippen LogP contribution in [0.3, 0.4) is 0 Å². The van der Waals surface area contributed by atoms with Gasteiger partial charge in [-0.15, -0.1) is 0 Å². The Morgan fingerprint density at radius 3 is 2.27 bits per heavy atom. The number of urea groups is 1. The molecule has 0 aromatic heterocycles. The molecule has 4 rings (SSSR count). The molecule has 1 fully saturated rings. The second-order valence-corrected chi connectivity index (χ2v) is 7.50. The highest BCUT2D eigenvalue weighted by atomic mass is 16.6. The number of hydrogen-bond acceptors (Lipinski definition) is 9. The average Bonchev–Trinajstić information content (AvgIpc) is 2.87. The molecule has 0 atom stereocenters. The standard InChI is InChI=1S/C24H16N4O9/c1-36-17-8-5-15(6-9-17)26-23(30)19(22(29)25-24(26)31)12-14-3-2-4-18(11-14)37-21-10-7-16(27(32)33)13-20(21)28(34)35/h2-13H,1H3,(H,25,29,31)/b19-12-. The molecular weight excluding hydrogens is 488 g/mol. The fraction of sp³-hybridized carbons (Fsp3) is 0.0417. The predicted molar refractivity (Wildman–Crippen MR) is 128 cm³/mol. The first-order chi connectivity index (χ1) is 17.7. The molecule has 13 nitrogen and oxygen atoms in total. The molecule has 3 aromatic rings. The Labute approximate surface area is 207 Å². The number of barbiturate groups is 1. The summed E-state index contributed by atoms with van der Waals surface area (Å²) >= 11 is 0. The molecule has 1 heterocycles. The van der Waals surface area contributed by atoms with Crippen LogP contribution in [0.4, 0.5) is 21.9 Å². The normalized spacial score (nSPS) is 14.4. The van der Waals surface area contributed by atoms with Gasteiger partial charge in [0.05, 0.1) is 28.7 Å². The fourth-order valence-electron chi connectivity index (χ4n) is 3.43. The lowest BCUT2D eigenvalue weighted by Crippen LogP contribution is -2.54. The van der Waals surface area contributed by atoms with E-state index in [1.807, 2.05) is 0 Å². The monoisotopic (exact) mass is 504 g/mol. The Morgan fingerprint density at radius 1 is 0.892 bits per heavy atom. The zero-order valence-electron chi connectivity index (χ0n) is 18.9. The summed E-state index contributed by atoms with van der Waals surface area (Å²) in [6.07, 6.45) is 1.23. The van der Waals surface area contributed by atoms with Gasteiger partial charge in [-0.25, -0.2) is 9.69 Å². The van der Waals surface area contributed by atoms with E-state index in [9.17, 15) is 34.6 Å². The number of rotatable bonds is 7. The first-order valence-electron chi connectivity index (χ1n) is 10.4. The van der Waals surface area contributed by atoms with Gasteiger partial charge in [-0.05, 0) is 54.1 Å². The summed E-state index contributed by atoms with van der Waals surface area (Å²) in [6.45, 7) is 0. The van der Waals surface area contributed by atoms with Gasteiger partial charge in [-0.2, -0.15) is 0 Å². The number of anilines is 1. The maximum absolute atomic E-state index is 13.1. The Bertz CT molecular complexity index is 1480. The third-order valence-electron chi connectivity index (χ3n) is 5.18. The zero-order chi connectivity index (χ0) is 26.7. The lowest BCUT2D eigenvalue weighted by Gasteiger charge is -2.26. The molecule has 0 saturated carbocycles. The van der Waals surface area contributed by atoms with Crippen molar-refractivity contribution in [1.29, 1.82) is 0 Å². The Morgan fingerprint density at radius 2 is 1.62 bits per heavy atom. The molecule has 1 saturated heterocycles. The van der Waals surface area contributed by atoms with Gasteiger partial charge in [0.2, 0.25) is 5.75 Å². The Balaban J connectivity index is 1.64. The van der Waals surface area contributed by atoms with E-state index in [0.717, 1.165) is 23.1 Å². The molecule has 1 aliphatic heterocycles. The van der Waals surface area contributed by atoms with Crippen LogP contribution in [0.2, 0.25) is 0 Å². The van der Waals surface area contributed by atoms with Gasteiger partial charge in [0, 0.05) is 6.07 Å². The number of carbonyl (C=O) groups excluding carboxylic acids is 3. The van der Waals surface area contributed by atoms with E-state index in [0.29, 0.717) is 11.3 Å². The summed E-state index contributed by atoms with van der Waals surface area (Å²) in [4.78, 5) is 59.4. The molecule has 13 heteroatoms. The summed E-state index contributed by atoms with van der Waals surface area (Å²) in [5.74, 6) is -1.42. The number of carbonyl (C=O) groups is 3. The number of amides is 4. The number of nitro groups is 2. The molecular formula is C24H16N4O9. The summed E-state index contributed by atoms with van der Waals surface area (Å²) in [5, 5.41) is 24.4. The van der Waals surface area contributed by atoms with Gasteiger partial charge < -0.3 is 9.47 Å². The number of imide groups is 2. The van der Waals surface area contributed by atoms with Crippen LogP contribution in [-0.4, -0.2) is 34.8 Å². The molecule has 186 valence electrons. The lowest BCUT2D eigenvalue weighted by molar-refractivity contribution is -0.394.